The van der Waals surface area contributed by atoms with E-state index in [1.54, 1.807) is 25.2 Å². The molecule has 4 rings (SSSR count). The van der Waals surface area contributed by atoms with Crippen molar-refractivity contribution in [3.8, 4) is 0 Å². The monoisotopic (exact) mass is 549 g/mol. The zero-order valence-corrected chi connectivity index (χ0v) is 21.6. The summed E-state index contributed by atoms with van der Waals surface area (Å²) in [5.74, 6) is -2.97. The van der Waals surface area contributed by atoms with Gasteiger partial charge in [0.05, 0.1) is 21.8 Å². The van der Waals surface area contributed by atoms with E-state index in [1.807, 2.05) is 0 Å². The number of halogens is 4. The lowest BCUT2D eigenvalue weighted by Gasteiger charge is -2.50. The minimum atomic E-state index is -3.80. The van der Waals surface area contributed by atoms with Crippen molar-refractivity contribution >= 4 is 39.0 Å². The van der Waals surface area contributed by atoms with Crippen LogP contribution < -0.4 is 0 Å². The van der Waals surface area contributed by atoms with E-state index in [4.69, 9.17) is 23.2 Å². The first-order valence-corrected chi connectivity index (χ1v) is 13.6. The standard InChI is InChI=1S/C22H27Cl2F2N5O3S/c1-29-15-19(27-28-29)35(33,34)31-13-11-30(12-14-31)21(7-9-22(25,26)10-8-21)6-5-18(32)20-16(23)3-2-4-17(20)24/h2-4,15H,5-14H2,1H3. The molecule has 1 aliphatic heterocycles. The summed E-state index contributed by atoms with van der Waals surface area (Å²) in [6, 6.07) is 4.84. The van der Waals surface area contributed by atoms with Gasteiger partial charge in [-0.05, 0) is 31.4 Å². The number of carbonyl (C=O) groups is 1. The molecule has 35 heavy (non-hydrogen) atoms. The van der Waals surface area contributed by atoms with Gasteiger partial charge < -0.3 is 0 Å². The van der Waals surface area contributed by atoms with Crippen LogP contribution in [0, 0.1) is 0 Å². The number of sulfonamides is 1. The fourth-order valence-corrected chi connectivity index (χ4v) is 6.96. The third-order valence-electron chi connectivity index (χ3n) is 7.07. The molecule has 0 unspecified atom stereocenters. The van der Waals surface area contributed by atoms with Crippen LogP contribution in [0.4, 0.5) is 8.78 Å². The van der Waals surface area contributed by atoms with Gasteiger partial charge in [0.2, 0.25) is 10.9 Å². The topological polar surface area (TPSA) is 88.4 Å². The number of hydrogen-bond acceptors (Lipinski definition) is 6. The van der Waals surface area contributed by atoms with Gasteiger partial charge in [-0.2, -0.15) is 4.31 Å². The minimum absolute atomic E-state index is 0.104. The van der Waals surface area contributed by atoms with Crippen LogP contribution in [0.2, 0.25) is 10.0 Å². The summed E-state index contributed by atoms with van der Waals surface area (Å²) in [6.45, 7) is 1.13. The Hall–Kier alpha value is -1.66. The van der Waals surface area contributed by atoms with E-state index in [0.717, 1.165) is 0 Å². The van der Waals surface area contributed by atoms with Gasteiger partial charge in [0.1, 0.15) is 0 Å². The summed E-state index contributed by atoms with van der Waals surface area (Å²) >= 11 is 12.4. The molecular formula is C22H27Cl2F2N5O3S. The Labute approximate surface area is 213 Å². The van der Waals surface area contributed by atoms with E-state index < -0.39 is 21.5 Å². The molecule has 0 spiro atoms. The number of aryl methyl sites for hydroxylation is 1. The number of piperazine rings is 1. The molecule has 0 bridgehead atoms. The lowest BCUT2D eigenvalue weighted by Crippen LogP contribution is -2.59. The van der Waals surface area contributed by atoms with Crippen molar-refractivity contribution in [3.05, 3.63) is 40.0 Å². The van der Waals surface area contributed by atoms with Crippen molar-refractivity contribution in [1.29, 1.82) is 0 Å². The van der Waals surface area contributed by atoms with Crippen molar-refractivity contribution in [1.82, 2.24) is 24.2 Å². The number of benzene rings is 1. The first kappa shape index (κ1) is 26.4. The highest BCUT2D eigenvalue weighted by atomic mass is 35.5. The zero-order valence-electron chi connectivity index (χ0n) is 19.3. The maximum absolute atomic E-state index is 14.1. The average Bonchev–Trinajstić information content (AvgIpc) is 3.26. The van der Waals surface area contributed by atoms with E-state index in [2.05, 4.69) is 15.2 Å². The van der Waals surface area contributed by atoms with Crippen molar-refractivity contribution in [3.63, 3.8) is 0 Å². The van der Waals surface area contributed by atoms with Gasteiger partial charge in [-0.25, -0.2) is 17.2 Å². The van der Waals surface area contributed by atoms with Crippen molar-refractivity contribution < 1.29 is 22.0 Å². The molecule has 2 aliphatic rings. The fraction of sp³-hybridized carbons (Fsp3) is 0.591. The molecule has 8 nitrogen and oxygen atoms in total. The quantitative estimate of drug-likeness (QED) is 0.484. The van der Waals surface area contributed by atoms with Gasteiger partial charge in [0.25, 0.3) is 10.0 Å². The summed E-state index contributed by atoms with van der Waals surface area (Å²) in [7, 11) is -2.21. The highest BCUT2D eigenvalue weighted by molar-refractivity contribution is 7.89. The Bertz CT molecular complexity index is 1170. The summed E-state index contributed by atoms with van der Waals surface area (Å²) < 4.78 is 56.6. The number of Topliss-reactive ketones (excluding diaryl/α,β-unsaturated/α-hetero) is 1. The molecule has 2 aromatic rings. The molecule has 13 heteroatoms. The number of carbonyl (C=O) groups excluding carboxylic acids is 1. The highest BCUT2D eigenvalue weighted by Gasteiger charge is 2.47. The van der Waals surface area contributed by atoms with Crippen LogP contribution in [-0.2, 0) is 17.1 Å². The Morgan fingerprint density at radius 3 is 2.20 bits per heavy atom. The zero-order chi connectivity index (χ0) is 25.4. The van der Waals surface area contributed by atoms with Gasteiger partial charge in [-0.1, -0.05) is 34.5 Å². The van der Waals surface area contributed by atoms with Gasteiger partial charge in [-0.3, -0.25) is 14.4 Å². The van der Waals surface area contributed by atoms with Crippen LogP contribution in [0.1, 0.15) is 48.9 Å². The molecule has 0 amide bonds. The van der Waals surface area contributed by atoms with Crippen molar-refractivity contribution in [2.24, 2.45) is 7.05 Å². The smallest absolute Gasteiger partial charge is 0.264 e. The minimum Gasteiger partial charge on any atom is -0.295 e. The van der Waals surface area contributed by atoms with Gasteiger partial charge in [-0.15, -0.1) is 5.10 Å². The molecule has 2 heterocycles. The fourth-order valence-electron chi connectivity index (χ4n) is 5.02. The number of aromatic nitrogens is 3. The Balaban J connectivity index is 1.49. The van der Waals surface area contributed by atoms with Crippen LogP contribution in [0.3, 0.4) is 0 Å². The van der Waals surface area contributed by atoms with Crippen LogP contribution in [-0.4, -0.2) is 76.0 Å². The second-order valence-electron chi connectivity index (χ2n) is 9.22. The number of nitrogens with zero attached hydrogens (tertiary/aromatic N) is 5. The molecule has 1 saturated carbocycles. The Morgan fingerprint density at radius 1 is 1.06 bits per heavy atom. The maximum atomic E-state index is 14.1. The summed E-state index contributed by atoms with van der Waals surface area (Å²) in [5.41, 5.74) is -0.389. The second kappa shape index (κ2) is 10.0. The summed E-state index contributed by atoms with van der Waals surface area (Å²) in [5, 5.41) is 7.81. The molecular weight excluding hydrogens is 523 g/mol. The molecule has 1 saturated heterocycles. The van der Waals surface area contributed by atoms with Crippen molar-refractivity contribution in [2.75, 3.05) is 26.2 Å². The first-order chi connectivity index (χ1) is 16.4. The van der Waals surface area contributed by atoms with Crippen LogP contribution >= 0.6 is 23.2 Å². The molecule has 0 atom stereocenters. The van der Waals surface area contributed by atoms with Crippen molar-refractivity contribution in [2.45, 2.75) is 55.0 Å². The van der Waals surface area contributed by atoms with Crippen LogP contribution in [0.15, 0.2) is 29.4 Å². The average molecular weight is 550 g/mol. The maximum Gasteiger partial charge on any atom is 0.264 e. The molecule has 192 valence electrons. The molecule has 1 aromatic carbocycles. The van der Waals surface area contributed by atoms with Crippen LogP contribution in [0.5, 0.6) is 0 Å². The predicted octanol–water partition coefficient (Wildman–Crippen LogP) is 4.04. The lowest BCUT2D eigenvalue weighted by molar-refractivity contribution is -0.0891. The largest absolute Gasteiger partial charge is 0.295 e. The Kier molecular flexibility index (Phi) is 7.55. The summed E-state index contributed by atoms with van der Waals surface area (Å²) in [6.07, 6.45) is 1.71. The second-order valence-corrected chi connectivity index (χ2v) is 11.9. The lowest BCUT2D eigenvalue weighted by atomic mass is 9.74. The Morgan fingerprint density at radius 2 is 1.66 bits per heavy atom. The van der Waals surface area contributed by atoms with Gasteiger partial charge >= 0.3 is 0 Å². The SMILES string of the molecule is Cn1cc(S(=O)(=O)N2CCN(C3(CCC(=O)c4c(Cl)cccc4Cl)CCC(F)(F)CC3)CC2)nn1. The molecule has 1 aliphatic carbocycles. The van der Waals surface area contributed by atoms with Crippen LogP contribution in [0.25, 0.3) is 0 Å². The summed E-state index contributed by atoms with van der Waals surface area (Å²) in [4.78, 5) is 15.1. The van der Waals surface area contributed by atoms with E-state index in [-0.39, 0.29) is 71.6 Å². The highest BCUT2D eigenvalue weighted by Crippen LogP contribution is 2.45. The number of alkyl halides is 2. The number of ketones is 1. The third kappa shape index (κ3) is 5.53. The number of hydrogen-bond donors (Lipinski definition) is 0. The molecule has 1 aromatic heterocycles. The molecule has 2 fully saturated rings. The van der Waals surface area contributed by atoms with Gasteiger partial charge in [0.15, 0.2) is 5.78 Å². The molecule has 0 N–H and O–H groups in total. The number of rotatable bonds is 7. The first-order valence-electron chi connectivity index (χ1n) is 11.4. The van der Waals surface area contributed by atoms with Gasteiger partial charge in [0, 0.05) is 58.0 Å². The van der Waals surface area contributed by atoms with E-state index >= 15 is 0 Å². The third-order valence-corrected chi connectivity index (χ3v) is 9.46. The predicted molar refractivity (Wildman–Crippen MR) is 128 cm³/mol. The van der Waals surface area contributed by atoms with E-state index in [1.165, 1.54) is 15.2 Å². The molecule has 0 radical (unpaired) electrons. The normalized spacial score (nSPS) is 21.2. The van der Waals surface area contributed by atoms with E-state index in [9.17, 15) is 22.0 Å². The van der Waals surface area contributed by atoms with E-state index in [0.29, 0.717) is 19.5 Å².